The number of methoxy groups -OCH3 is 2. The lowest BCUT2D eigenvalue weighted by atomic mass is 9.90. The van der Waals surface area contributed by atoms with Gasteiger partial charge in [-0.1, -0.05) is 30.3 Å². The second-order valence-corrected chi connectivity index (χ2v) is 5.86. The second-order valence-electron chi connectivity index (χ2n) is 5.86. The van der Waals surface area contributed by atoms with Crippen LogP contribution in [0.15, 0.2) is 30.3 Å². The highest BCUT2D eigenvalue weighted by Gasteiger charge is 2.41. The summed E-state index contributed by atoms with van der Waals surface area (Å²) in [5.41, 5.74) is 3.42. The van der Waals surface area contributed by atoms with Crippen LogP contribution in [0.1, 0.15) is 28.7 Å². The molecule has 0 aliphatic carbocycles. The third-order valence-corrected chi connectivity index (χ3v) is 4.66. The van der Waals surface area contributed by atoms with Crippen molar-refractivity contribution in [3.05, 3.63) is 52.6 Å². The first-order chi connectivity index (χ1) is 11.0. The molecule has 0 aromatic heterocycles. The van der Waals surface area contributed by atoms with Crippen LogP contribution in [0.2, 0.25) is 0 Å². The van der Waals surface area contributed by atoms with E-state index in [1.54, 1.807) is 14.2 Å². The Labute approximate surface area is 136 Å². The van der Waals surface area contributed by atoms with E-state index in [0.29, 0.717) is 17.9 Å². The van der Waals surface area contributed by atoms with Crippen molar-refractivity contribution < 1.29 is 19.3 Å². The lowest BCUT2D eigenvalue weighted by Gasteiger charge is -2.39. The Bertz CT molecular complexity index is 724. The molecule has 2 aromatic carbocycles. The van der Waals surface area contributed by atoms with Crippen LogP contribution < -0.4 is 9.47 Å². The third kappa shape index (κ3) is 2.34. The van der Waals surface area contributed by atoms with Gasteiger partial charge in [-0.2, -0.15) is 0 Å². The highest BCUT2D eigenvalue weighted by atomic mass is 16.7. The Morgan fingerprint density at radius 3 is 2.39 bits per heavy atom. The van der Waals surface area contributed by atoms with Crippen LogP contribution in [0, 0.1) is 13.8 Å². The lowest BCUT2D eigenvalue weighted by Crippen LogP contribution is -2.39. The van der Waals surface area contributed by atoms with E-state index >= 15 is 0 Å². The van der Waals surface area contributed by atoms with E-state index in [1.165, 1.54) is 0 Å². The minimum absolute atomic E-state index is 0.209. The van der Waals surface area contributed by atoms with Crippen molar-refractivity contribution in [2.45, 2.75) is 32.5 Å². The fourth-order valence-corrected chi connectivity index (χ4v) is 3.36. The molecule has 1 aliphatic heterocycles. The van der Waals surface area contributed by atoms with Gasteiger partial charge in [0.2, 0.25) is 5.79 Å². The first-order valence-electron chi connectivity index (χ1n) is 7.72. The average molecular weight is 314 g/mol. The summed E-state index contributed by atoms with van der Waals surface area (Å²) in [4.78, 5) is 0. The molecule has 3 rings (SSSR count). The molecule has 0 bridgehead atoms. The fraction of sp³-hybridized carbons (Fsp3) is 0.368. The van der Waals surface area contributed by atoms with Crippen molar-refractivity contribution in [2.75, 3.05) is 14.2 Å². The lowest BCUT2D eigenvalue weighted by molar-refractivity contribution is -0.184. The van der Waals surface area contributed by atoms with Crippen molar-refractivity contribution in [1.82, 2.24) is 0 Å². The average Bonchev–Trinajstić information content (AvgIpc) is 2.61. The molecule has 0 spiro atoms. The van der Waals surface area contributed by atoms with Gasteiger partial charge in [0.15, 0.2) is 0 Å². The predicted octanol–water partition coefficient (Wildman–Crippen LogP) is 3.84. The Morgan fingerprint density at radius 2 is 1.78 bits per heavy atom. The summed E-state index contributed by atoms with van der Waals surface area (Å²) >= 11 is 0. The molecule has 0 fully saturated rings. The van der Waals surface area contributed by atoms with Crippen molar-refractivity contribution in [1.29, 1.82) is 0 Å². The number of phenols is 1. The standard InChI is InChI=1S/C19H22O4/c1-12-16(20)13(2)18-15(17(12)21-3)10-11-19(22-4,23-18)14-8-6-5-7-9-14/h5-9,20H,10-11H2,1-4H3/t19-/m1/s1. The van der Waals surface area contributed by atoms with Gasteiger partial charge in [-0.3, -0.25) is 0 Å². The molecule has 1 atom stereocenters. The van der Waals surface area contributed by atoms with Gasteiger partial charge in [-0.15, -0.1) is 0 Å². The largest absolute Gasteiger partial charge is 0.507 e. The number of fused-ring (bicyclic) bond motifs is 1. The quantitative estimate of drug-likeness (QED) is 0.935. The highest BCUT2D eigenvalue weighted by molar-refractivity contribution is 5.62. The number of rotatable bonds is 3. The molecule has 4 heteroatoms. The maximum atomic E-state index is 10.4. The molecule has 122 valence electrons. The summed E-state index contributed by atoms with van der Waals surface area (Å²) in [5, 5.41) is 10.4. The van der Waals surface area contributed by atoms with Crippen LogP contribution in [0.3, 0.4) is 0 Å². The van der Waals surface area contributed by atoms with Crippen molar-refractivity contribution in [3.8, 4) is 17.2 Å². The first kappa shape index (κ1) is 15.7. The number of ether oxygens (including phenoxy) is 3. The van der Waals surface area contributed by atoms with Gasteiger partial charge in [0.05, 0.1) is 7.11 Å². The minimum atomic E-state index is -0.842. The SMILES string of the molecule is COc1c(C)c(O)c(C)c2c1CC[C@](OC)(c1ccccc1)O2. The van der Waals surface area contributed by atoms with E-state index in [-0.39, 0.29) is 5.75 Å². The molecular formula is C19H22O4. The monoisotopic (exact) mass is 314 g/mol. The summed E-state index contributed by atoms with van der Waals surface area (Å²) in [7, 11) is 3.27. The topological polar surface area (TPSA) is 47.9 Å². The smallest absolute Gasteiger partial charge is 0.237 e. The molecule has 0 saturated carbocycles. The van der Waals surface area contributed by atoms with E-state index in [9.17, 15) is 5.11 Å². The Morgan fingerprint density at radius 1 is 1.09 bits per heavy atom. The molecule has 1 heterocycles. The maximum absolute atomic E-state index is 10.4. The summed E-state index contributed by atoms with van der Waals surface area (Å²) in [6.45, 7) is 3.72. The number of hydrogen-bond acceptors (Lipinski definition) is 4. The van der Waals surface area contributed by atoms with Gasteiger partial charge in [0.1, 0.15) is 17.2 Å². The van der Waals surface area contributed by atoms with Crippen LogP contribution in [-0.2, 0) is 16.9 Å². The Kier molecular flexibility index (Phi) is 3.94. The van der Waals surface area contributed by atoms with Crippen molar-refractivity contribution >= 4 is 0 Å². The van der Waals surface area contributed by atoms with Gasteiger partial charge in [-0.05, 0) is 20.3 Å². The second kappa shape index (κ2) is 5.78. The van der Waals surface area contributed by atoms with Gasteiger partial charge < -0.3 is 19.3 Å². The maximum Gasteiger partial charge on any atom is 0.237 e. The Balaban J connectivity index is 2.15. The van der Waals surface area contributed by atoms with E-state index < -0.39 is 5.79 Å². The normalized spacial score (nSPS) is 19.8. The molecular weight excluding hydrogens is 292 g/mol. The third-order valence-electron chi connectivity index (χ3n) is 4.66. The van der Waals surface area contributed by atoms with Crippen LogP contribution >= 0.6 is 0 Å². The number of benzene rings is 2. The Hall–Kier alpha value is -2.20. The summed E-state index contributed by atoms with van der Waals surface area (Å²) in [6.07, 6.45) is 1.43. The fourth-order valence-electron chi connectivity index (χ4n) is 3.36. The highest BCUT2D eigenvalue weighted by Crippen LogP contribution is 2.49. The van der Waals surface area contributed by atoms with E-state index in [1.807, 2.05) is 44.2 Å². The number of hydrogen-bond donors (Lipinski definition) is 1. The molecule has 0 unspecified atom stereocenters. The molecule has 0 amide bonds. The molecule has 0 saturated heterocycles. The summed E-state index contributed by atoms with van der Waals surface area (Å²) < 4.78 is 17.6. The minimum Gasteiger partial charge on any atom is -0.507 e. The van der Waals surface area contributed by atoms with Crippen LogP contribution in [-0.4, -0.2) is 19.3 Å². The van der Waals surface area contributed by atoms with Crippen molar-refractivity contribution in [2.24, 2.45) is 0 Å². The van der Waals surface area contributed by atoms with E-state index in [4.69, 9.17) is 14.2 Å². The van der Waals surface area contributed by atoms with Crippen LogP contribution in [0.25, 0.3) is 0 Å². The zero-order valence-corrected chi connectivity index (χ0v) is 14.0. The molecule has 23 heavy (non-hydrogen) atoms. The van der Waals surface area contributed by atoms with Gasteiger partial charge >= 0.3 is 0 Å². The van der Waals surface area contributed by atoms with Crippen molar-refractivity contribution in [3.63, 3.8) is 0 Å². The zero-order chi connectivity index (χ0) is 16.6. The van der Waals surface area contributed by atoms with Crippen LogP contribution in [0.5, 0.6) is 17.2 Å². The number of phenolic OH excluding ortho intramolecular Hbond substituents is 1. The van der Waals surface area contributed by atoms with E-state index in [2.05, 4.69) is 0 Å². The van der Waals surface area contributed by atoms with E-state index in [0.717, 1.165) is 28.7 Å². The summed E-state index contributed by atoms with van der Waals surface area (Å²) in [6, 6.07) is 9.89. The molecule has 1 aliphatic rings. The van der Waals surface area contributed by atoms with Gasteiger partial charge in [0.25, 0.3) is 0 Å². The first-order valence-corrected chi connectivity index (χ1v) is 7.72. The molecule has 1 N–H and O–H groups in total. The van der Waals surface area contributed by atoms with Gasteiger partial charge in [0, 0.05) is 35.8 Å². The molecule has 0 radical (unpaired) electrons. The molecule has 4 nitrogen and oxygen atoms in total. The van der Waals surface area contributed by atoms with Gasteiger partial charge in [-0.25, -0.2) is 0 Å². The number of aromatic hydroxyl groups is 1. The molecule has 2 aromatic rings. The predicted molar refractivity (Wildman–Crippen MR) is 88.2 cm³/mol. The zero-order valence-electron chi connectivity index (χ0n) is 14.0. The van der Waals surface area contributed by atoms with Crippen LogP contribution in [0.4, 0.5) is 0 Å². The summed E-state index contributed by atoms with van der Waals surface area (Å²) in [5.74, 6) is 0.717.